The minimum absolute atomic E-state index is 0.231. The normalized spacial score (nSPS) is 12.8. The molecule has 1 atom stereocenters. The molecule has 0 aliphatic carbocycles. The van der Waals surface area contributed by atoms with Crippen molar-refractivity contribution in [3.8, 4) is 0 Å². The molecule has 1 unspecified atom stereocenters. The first-order chi connectivity index (χ1) is 9.70. The molecule has 5 heteroatoms. The summed E-state index contributed by atoms with van der Waals surface area (Å²) in [4.78, 5) is 4.55. The maximum atomic E-state index is 5.75. The number of hydrogen-bond donors (Lipinski definition) is 2. The summed E-state index contributed by atoms with van der Waals surface area (Å²) < 4.78 is 6.44. The zero-order valence-corrected chi connectivity index (χ0v) is 12.5. The third-order valence-corrected chi connectivity index (χ3v) is 3.92. The number of rotatable bonds is 3. The molecule has 20 heavy (non-hydrogen) atoms. The zero-order chi connectivity index (χ0) is 14.1. The van der Waals surface area contributed by atoms with Crippen molar-refractivity contribution in [1.29, 1.82) is 0 Å². The Kier molecular flexibility index (Phi) is 3.56. The van der Waals surface area contributed by atoms with E-state index in [-0.39, 0.29) is 6.04 Å². The summed E-state index contributed by atoms with van der Waals surface area (Å²) in [5.41, 5.74) is 5.77. The molecule has 3 rings (SSSR count). The Labute approximate surface area is 125 Å². The van der Waals surface area contributed by atoms with E-state index in [1.165, 1.54) is 0 Å². The molecule has 0 spiro atoms. The molecule has 0 saturated heterocycles. The van der Waals surface area contributed by atoms with Gasteiger partial charge in [0.1, 0.15) is 11.8 Å². The summed E-state index contributed by atoms with van der Waals surface area (Å²) in [5.74, 6) is 6.51. The molecule has 102 valence electrons. The van der Waals surface area contributed by atoms with E-state index in [1.54, 1.807) is 6.26 Å². The molecule has 0 aliphatic rings. The van der Waals surface area contributed by atoms with Crippen molar-refractivity contribution in [3.63, 3.8) is 0 Å². The van der Waals surface area contributed by atoms with E-state index in [2.05, 4.69) is 26.3 Å². The molecule has 3 N–H and O–H groups in total. The van der Waals surface area contributed by atoms with Gasteiger partial charge in [0, 0.05) is 11.1 Å². The highest BCUT2D eigenvalue weighted by Gasteiger charge is 2.21. The van der Waals surface area contributed by atoms with E-state index in [0.717, 1.165) is 32.4 Å². The Hall–Kier alpha value is -1.69. The first-order valence-corrected chi connectivity index (χ1v) is 7.05. The van der Waals surface area contributed by atoms with Crippen LogP contribution in [0.15, 0.2) is 51.6 Å². The Balaban J connectivity index is 2.24. The number of hydrazine groups is 1. The number of benzene rings is 1. The van der Waals surface area contributed by atoms with Gasteiger partial charge in [0.25, 0.3) is 0 Å². The number of fused-ring (bicyclic) bond motifs is 1. The van der Waals surface area contributed by atoms with Crippen LogP contribution in [0.5, 0.6) is 0 Å². The highest BCUT2D eigenvalue weighted by molar-refractivity contribution is 9.10. The highest BCUT2D eigenvalue weighted by Crippen LogP contribution is 2.32. The lowest BCUT2D eigenvalue weighted by Gasteiger charge is -2.17. The first-order valence-electron chi connectivity index (χ1n) is 6.26. The van der Waals surface area contributed by atoms with Gasteiger partial charge in [-0.05, 0) is 46.6 Å². The third kappa shape index (κ3) is 2.24. The summed E-state index contributed by atoms with van der Waals surface area (Å²) in [6.07, 6.45) is 1.64. The van der Waals surface area contributed by atoms with Gasteiger partial charge < -0.3 is 4.42 Å². The number of nitrogens with one attached hydrogen (secondary N) is 1. The van der Waals surface area contributed by atoms with Crippen molar-refractivity contribution >= 4 is 26.8 Å². The Bertz CT molecular complexity index is 754. The van der Waals surface area contributed by atoms with Gasteiger partial charge >= 0.3 is 0 Å². The number of aromatic nitrogens is 1. The zero-order valence-electron chi connectivity index (χ0n) is 10.9. The second-order valence-electron chi connectivity index (χ2n) is 4.60. The van der Waals surface area contributed by atoms with Crippen LogP contribution in [-0.2, 0) is 0 Å². The Morgan fingerprint density at radius 3 is 2.80 bits per heavy atom. The van der Waals surface area contributed by atoms with Crippen LogP contribution in [0, 0.1) is 6.92 Å². The van der Waals surface area contributed by atoms with Crippen LogP contribution < -0.4 is 11.3 Å². The van der Waals surface area contributed by atoms with Crippen LogP contribution in [-0.4, -0.2) is 4.98 Å². The van der Waals surface area contributed by atoms with Gasteiger partial charge in [0.15, 0.2) is 0 Å². The van der Waals surface area contributed by atoms with Crippen LogP contribution in [0.3, 0.4) is 0 Å². The predicted molar refractivity (Wildman–Crippen MR) is 82.1 cm³/mol. The van der Waals surface area contributed by atoms with E-state index >= 15 is 0 Å². The number of para-hydroxylation sites is 1. The van der Waals surface area contributed by atoms with Crippen LogP contribution in [0.4, 0.5) is 0 Å². The lowest BCUT2D eigenvalue weighted by atomic mass is 9.99. The quantitative estimate of drug-likeness (QED) is 0.570. The molecule has 0 bridgehead atoms. The summed E-state index contributed by atoms with van der Waals surface area (Å²) in [6, 6.07) is 11.7. The topological polar surface area (TPSA) is 64.1 Å². The number of furan rings is 1. The molecule has 0 fully saturated rings. The number of halogens is 1. The highest BCUT2D eigenvalue weighted by atomic mass is 79.9. The lowest BCUT2D eigenvalue weighted by molar-refractivity contribution is 0.451. The van der Waals surface area contributed by atoms with Gasteiger partial charge in [-0.2, -0.15) is 0 Å². The van der Waals surface area contributed by atoms with Crippen molar-refractivity contribution < 1.29 is 4.42 Å². The fourth-order valence-electron chi connectivity index (χ4n) is 2.40. The number of nitrogens with zero attached hydrogens (tertiary/aromatic N) is 1. The maximum Gasteiger partial charge on any atom is 0.140 e. The molecule has 3 aromatic rings. The van der Waals surface area contributed by atoms with Gasteiger partial charge in [-0.1, -0.05) is 18.2 Å². The molecule has 1 aromatic carbocycles. The van der Waals surface area contributed by atoms with E-state index in [0.29, 0.717) is 0 Å². The fraction of sp³-hybridized carbons (Fsp3) is 0.133. The van der Waals surface area contributed by atoms with E-state index < -0.39 is 0 Å². The van der Waals surface area contributed by atoms with Crippen molar-refractivity contribution in [2.75, 3.05) is 0 Å². The average molecular weight is 332 g/mol. The number of hydrogen-bond acceptors (Lipinski definition) is 4. The van der Waals surface area contributed by atoms with Crippen molar-refractivity contribution in [2.45, 2.75) is 13.0 Å². The van der Waals surface area contributed by atoms with Crippen molar-refractivity contribution in [2.24, 2.45) is 5.84 Å². The van der Waals surface area contributed by atoms with Crippen molar-refractivity contribution in [3.05, 3.63) is 64.2 Å². The molecule has 0 radical (unpaired) electrons. The summed E-state index contributed by atoms with van der Waals surface area (Å²) in [7, 11) is 0. The van der Waals surface area contributed by atoms with Gasteiger partial charge in [-0.25, -0.2) is 5.43 Å². The maximum absolute atomic E-state index is 5.75. The van der Waals surface area contributed by atoms with E-state index in [1.807, 2.05) is 43.3 Å². The molecule has 0 aliphatic heterocycles. The fourth-order valence-corrected chi connectivity index (χ4v) is 2.83. The molecular weight excluding hydrogens is 318 g/mol. The van der Waals surface area contributed by atoms with E-state index in [9.17, 15) is 0 Å². The summed E-state index contributed by atoms with van der Waals surface area (Å²) >= 11 is 3.48. The Morgan fingerprint density at radius 1 is 1.30 bits per heavy atom. The number of pyridine rings is 1. The molecule has 2 aromatic heterocycles. The van der Waals surface area contributed by atoms with Gasteiger partial charge in [0.2, 0.25) is 0 Å². The van der Waals surface area contributed by atoms with Crippen LogP contribution >= 0.6 is 15.9 Å². The van der Waals surface area contributed by atoms with Crippen molar-refractivity contribution in [1.82, 2.24) is 10.4 Å². The SMILES string of the molecule is Cc1cc(C(NN)c2occc2Br)c2ccccc2n1. The van der Waals surface area contributed by atoms with E-state index in [4.69, 9.17) is 10.3 Å². The molecular formula is C15H14BrN3O. The van der Waals surface area contributed by atoms with Crippen LogP contribution in [0.1, 0.15) is 23.1 Å². The molecule has 0 amide bonds. The number of aryl methyl sites for hydroxylation is 1. The largest absolute Gasteiger partial charge is 0.466 e. The van der Waals surface area contributed by atoms with Gasteiger partial charge in [-0.3, -0.25) is 10.8 Å². The lowest BCUT2D eigenvalue weighted by Crippen LogP contribution is -2.29. The van der Waals surface area contributed by atoms with Crippen LogP contribution in [0.2, 0.25) is 0 Å². The van der Waals surface area contributed by atoms with Gasteiger partial charge in [0.05, 0.1) is 16.3 Å². The standard InChI is InChI=1S/C15H14BrN3O/c1-9-8-11(10-4-2-3-5-13(10)18-9)14(19-17)15-12(16)6-7-20-15/h2-8,14,19H,17H2,1H3. The number of nitrogens with two attached hydrogens (primary N) is 1. The smallest absolute Gasteiger partial charge is 0.140 e. The molecule has 0 saturated carbocycles. The minimum Gasteiger partial charge on any atom is -0.466 e. The van der Waals surface area contributed by atoms with Crippen LogP contribution in [0.25, 0.3) is 10.9 Å². The summed E-state index contributed by atoms with van der Waals surface area (Å²) in [6.45, 7) is 1.97. The second-order valence-corrected chi connectivity index (χ2v) is 5.46. The summed E-state index contributed by atoms with van der Waals surface area (Å²) in [5, 5.41) is 1.06. The first kappa shape index (κ1) is 13.3. The third-order valence-electron chi connectivity index (χ3n) is 3.26. The van der Waals surface area contributed by atoms with Gasteiger partial charge in [-0.15, -0.1) is 0 Å². The Morgan fingerprint density at radius 2 is 2.10 bits per heavy atom. The molecule has 4 nitrogen and oxygen atoms in total. The molecule has 2 heterocycles. The predicted octanol–water partition coefficient (Wildman–Crippen LogP) is 3.45. The average Bonchev–Trinajstić information content (AvgIpc) is 2.86. The minimum atomic E-state index is -0.231. The monoisotopic (exact) mass is 331 g/mol. The second kappa shape index (κ2) is 5.36.